The molecule has 6 heteroatoms. The average molecular weight is 263 g/mol. The third kappa shape index (κ3) is 4.21. The van der Waals surface area contributed by atoms with E-state index in [-0.39, 0.29) is 12.6 Å². The number of likely N-dealkylation sites (tertiary alicyclic amines) is 1. The van der Waals surface area contributed by atoms with E-state index in [9.17, 15) is 8.42 Å². The molecule has 17 heavy (non-hydrogen) atoms. The second kappa shape index (κ2) is 6.68. The molecule has 1 fully saturated rings. The molecule has 1 aliphatic heterocycles. The topological polar surface area (TPSA) is 75.4 Å². The van der Waals surface area contributed by atoms with Crippen LogP contribution in [-0.2, 0) is 10.0 Å². The Morgan fingerprint density at radius 1 is 1.35 bits per heavy atom. The lowest BCUT2D eigenvalue weighted by Crippen LogP contribution is -2.45. The minimum atomic E-state index is -3.25. The van der Waals surface area contributed by atoms with E-state index in [2.05, 4.69) is 16.5 Å². The van der Waals surface area contributed by atoms with Gasteiger partial charge in [-0.25, -0.2) is 13.1 Å². The molecule has 0 saturated carbocycles. The zero-order chi connectivity index (χ0) is 12.9. The van der Waals surface area contributed by atoms with Crippen molar-refractivity contribution < 1.29 is 8.42 Å². The van der Waals surface area contributed by atoms with Crippen molar-refractivity contribution in [1.82, 2.24) is 9.62 Å². The fraction of sp³-hybridized carbons (Fsp3) is 1.00. The lowest BCUT2D eigenvalue weighted by atomic mass is 10.3. The van der Waals surface area contributed by atoms with Crippen LogP contribution in [-0.4, -0.2) is 50.8 Å². The summed E-state index contributed by atoms with van der Waals surface area (Å²) in [5, 5.41) is -0.465. The molecule has 3 N–H and O–H groups in total. The average Bonchev–Trinajstić information content (AvgIpc) is 2.80. The number of hydrogen-bond donors (Lipinski definition) is 2. The SMILES string of the molecule is CCC(CN)S(=O)(=O)NCC(C)N1CCCC1. The molecule has 1 aliphatic rings. The number of nitrogens with zero attached hydrogens (tertiary/aromatic N) is 1. The Labute approximate surface area is 105 Å². The summed E-state index contributed by atoms with van der Waals surface area (Å²) in [6.45, 7) is 6.74. The van der Waals surface area contributed by atoms with Crippen LogP contribution in [0.15, 0.2) is 0 Å². The van der Waals surface area contributed by atoms with Crippen LogP contribution in [0.5, 0.6) is 0 Å². The van der Waals surface area contributed by atoms with Crippen LogP contribution in [0.4, 0.5) is 0 Å². The lowest BCUT2D eigenvalue weighted by Gasteiger charge is -2.24. The predicted molar refractivity (Wildman–Crippen MR) is 70.3 cm³/mol. The summed E-state index contributed by atoms with van der Waals surface area (Å²) in [4.78, 5) is 2.33. The molecule has 1 saturated heterocycles. The maximum Gasteiger partial charge on any atom is 0.215 e. The van der Waals surface area contributed by atoms with Crippen LogP contribution >= 0.6 is 0 Å². The summed E-state index contributed by atoms with van der Waals surface area (Å²) >= 11 is 0. The van der Waals surface area contributed by atoms with E-state index in [4.69, 9.17) is 5.73 Å². The highest BCUT2D eigenvalue weighted by Gasteiger charge is 2.24. The third-order valence-electron chi connectivity index (χ3n) is 3.50. The van der Waals surface area contributed by atoms with Gasteiger partial charge in [0.15, 0.2) is 0 Å². The smallest absolute Gasteiger partial charge is 0.215 e. The van der Waals surface area contributed by atoms with E-state index in [0.29, 0.717) is 13.0 Å². The van der Waals surface area contributed by atoms with Crippen LogP contribution in [0.3, 0.4) is 0 Å². The van der Waals surface area contributed by atoms with Crippen LogP contribution < -0.4 is 10.5 Å². The first-order valence-electron chi connectivity index (χ1n) is 6.43. The van der Waals surface area contributed by atoms with Gasteiger partial charge in [0.2, 0.25) is 10.0 Å². The summed E-state index contributed by atoms with van der Waals surface area (Å²) in [6, 6.07) is 0.266. The number of sulfonamides is 1. The number of hydrogen-bond acceptors (Lipinski definition) is 4. The number of nitrogens with two attached hydrogens (primary N) is 1. The molecule has 1 rings (SSSR count). The predicted octanol–water partition coefficient (Wildman–Crippen LogP) is 0.127. The minimum Gasteiger partial charge on any atom is -0.329 e. The molecule has 2 atom stereocenters. The Balaban J connectivity index is 2.43. The number of nitrogens with one attached hydrogen (secondary N) is 1. The second-order valence-corrected chi connectivity index (χ2v) is 6.80. The molecule has 102 valence electrons. The molecule has 0 amide bonds. The van der Waals surface area contributed by atoms with Gasteiger partial charge in [0.25, 0.3) is 0 Å². The first kappa shape index (κ1) is 14.9. The fourth-order valence-electron chi connectivity index (χ4n) is 2.18. The van der Waals surface area contributed by atoms with Crippen molar-refractivity contribution in [3.63, 3.8) is 0 Å². The quantitative estimate of drug-likeness (QED) is 0.684. The van der Waals surface area contributed by atoms with E-state index in [1.54, 1.807) is 0 Å². The maximum atomic E-state index is 11.9. The summed E-state index contributed by atoms with van der Waals surface area (Å²) in [6.07, 6.45) is 3.00. The van der Waals surface area contributed by atoms with Crippen molar-refractivity contribution in [3.05, 3.63) is 0 Å². The molecular weight excluding hydrogens is 238 g/mol. The molecule has 0 aromatic heterocycles. The van der Waals surface area contributed by atoms with Crippen molar-refractivity contribution in [3.8, 4) is 0 Å². The highest BCUT2D eigenvalue weighted by molar-refractivity contribution is 7.90. The van der Waals surface area contributed by atoms with Gasteiger partial charge in [0, 0.05) is 19.1 Å². The second-order valence-electron chi connectivity index (χ2n) is 4.75. The molecule has 0 aromatic carbocycles. The van der Waals surface area contributed by atoms with E-state index in [1.807, 2.05) is 6.92 Å². The van der Waals surface area contributed by atoms with Crippen LogP contribution in [0.2, 0.25) is 0 Å². The Bertz CT molecular complexity index is 309. The monoisotopic (exact) mass is 263 g/mol. The van der Waals surface area contributed by atoms with Gasteiger partial charge in [-0.2, -0.15) is 0 Å². The Kier molecular flexibility index (Phi) is 5.85. The van der Waals surface area contributed by atoms with Crippen molar-refractivity contribution in [2.24, 2.45) is 5.73 Å². The van der Waals surface area contributed by atoms with Gasteiger partial charge in [0.1, 0.15) is 0 Å². The van der Waals surface area contributed by atoms with Gasteiger partial charge in [-0.15, -0.1) is 0 Å². The Morgan fingerprint density at radius 2 is 1.94 bits per heavy atom. The summed E-state index contributed by atoms with van der Waals surface area (Å²) < 4.78 is 26.5. The minimum absolute atomic E-state index is 0.184. The van der Waals surface area contributed by atoms with Crippen LogP contribution in [0.25, 0.3) is 0 Å². The molecule has 5 nitrogen and oxygen atoms in total. The van der Waals surface area contributed by atoms with E-state index < -0.39 is 15.3 Å². The highest BCUT2D eigenvalue weighted by atomic mass is 32.2. The molecule has 0 radical (unpaired) electrons. The molecule has 0 aliphatic carbocycles. The first-order valence-corrected chi connectivity index (χ1v) is 7.98. The highest BCUT2D eigenvalue weighted by Crippen LogP contribution is 2.11. The van der Waals surface area contributed by atoms with Crippen molar-refractivity contribution >= 4 is 10.0 Å². The van der Waals surface area contributed by atoms with E-state index in [0.717, 1.165) is 13.1 Å². The lowest BCUT2D eigenvalue weighted by molar-refractivity contribution is 0.259. The van der Waals surface area contributed by atoms with Crippen LogP contribution in [0.1, 0.15) is 33.1 Å². The molecular formula is C11H25N3O2S. The summed E-state index contributed by atoms with van der Waals surface area (Å²) in [5.41, 5.74) is 5.47. The number of rotatable bonds is 7. The fourth-order valence-corrected chi connectivity index (χ4v) is 3.58. The zero-order valence-corrected chi connectivity index (χ0v) is 11.7. The normalized spacial score (nSPS) is 21.6. The summed E-state index contributed by atoms with van der Waals surface area (Å²) in [7, 11) is -3.25. The molecule has 0 bridgehead atoms. The van der Waals surface area contributed by atoms with Gasteiger partial charge in [-0.3, -0.25) is 4.90 Å². The standard InChI is InChI=1S/C11H25N3O2S/c1-3-11(8-12)17(15,16)13-9-10(2)14-6-4-5-7-14/h10-11,13H,3-9,12H2,1-2H3. The first-order chi connectivity index (χ1) is 8.01. The summed E-state index contributed by atoms with van der Waals surface area (Å²) in [5.74, 6) is 0. The Hall–Kier alpha value is -0.170. The van der Waals surface area contributed by atoms with Gasteiger partial charge < -0.3 is 5.73 Å². The molecule has 2 unspecified atom stereocenters. The van der Waals surface area contributed by atoms with Gasteiger partial charge >= 0.3 is 0 Å². The largest absolute Gasteiger partial charge is 0.329 e. The zero-order valence-electron chi connectivity index (χ0n) is 10.9. The molecule has 0 aromatic rings. The van der Waals surface area contributed by atoms with Gasteiger partial charge in [0.05, 0.1) is 5.25 Å². The van der Waals surface area contributed by atoms with Crippen LogP contribution in [0, 0.1) is 0 Å². The Morgan fingerprint density at radius 3 is 2.41 bits per heavy atom. The van der Waals surface area contributed by atoms with Gasteiger partial charge in [-0.05, 0) is 39.3 Å². The van der Waals surface area contributed by atoms with Crippen molar-refractivity contribution in [2.75, 3.05) is 26.2 Å². The van der Waals surface area contributed by atoms with E-state index >= 15 is 0 Å². The molecule has 0 spiro atoms. The van der Waals surface area contributed by atoms with E-state index in [1.165, 1.54) is 12.8 Å². The molecule has 1 heterocycles. The van der Waals surface area contributed by atoms with Gasteiger partial charge in [-0.1, -0.05) is 6.92 Å². The third-order valence-corrected chi connectivity index (χ3v) is 5.47. The van der Waals surface area contributed by atoms with Crippen molar-refractivity contribution in [2.45, 2.75) is 44.4 Å². The maximum absolute atomic E-state index is 11.9. The van der Waals surface area contributed by atoms with Crippen molar-refractivity contribution in [1.29, 1.82) is 0 Å².